The van der Waals surface area contributed by atoms with E-state index in [1.165, 1.54) is 12.1 Å². The maximum atomic E-state index is 10.2. The molecule has 0 saturated heterocycles. The van der Waals surface area contributed by atoms with Gasteiger partial charge in [-0.05, 0) is 42.5 Å². The van der Waals surface area contributed by atoms with E-state index in [0.29, 0.717) is 17.1 Å². The van der Waals surface area contributed by atoms with Gasteiger partial charge in [0.05, 0.1) is 0 Å². The number of benzene rings is 2. The fourth-order valence-corrected chi connectivity index (χ4v) is 2.32. The average Bonchev–Trinajstić information content (AvgIpc) is 2.46. The number of aliphatic hydroxyl groups excluding tert-OH is 1. The van der Waals surface area contributed by atoms with Crippen molar-refractivity contribution in [2.75, 3.05) is 19.0 Å². The summed E-state index contributed by atoms with van der Waals surface area (Å²) in [5.74, 6) is 1.19. The number of ether oxygens (including phenoxy) is 1. The van der Waals surface area contributed by atoms with Crippen LogP contribution in [0.2, 0.25) is 0 Å². The number of hydrogen-bond acceptors (Lipinski definition) is 4. The van der Waals surface area contributed by atoms with E-state index in [1.807, 2.05) is 43.3 Å². The molecule has 2 aromatic carbocycles. The fraction of sp³-hybridized carbons (Fsp3) is 0.176. The van der Waals surface area contributed by atoms with Crippen LogP contribution in [0.15, 0.2) is 48.5 Å². The number of anilines is 1. The molecule has 0 bridgehead atoms. The molecule has 4 heteroatoms. The molecule has 0 spiro atoms. The van der Waals surface area contributed by atoms with Gasteiger partial charge in [0.1, 0.15) is 23.4 Å². The van der Waals surface area contributed by atoms with Crippen LogP contribution in [0.5, 0.6) is 11.5 Å². The van der Waals surface area contributed by atoms with Gasteiger partial charge in [0, 0.05) is 37.0 Å². The number of aromatic hydroxyl groups is 1. The van der Waals surface area contributed by atoms with Crippen molar-refractivity contribution in [2.24, 2.45) is 0 Å². The van der Waals surface area contributed by atoms with Gasteiger partial charge < -0.3 is 19.8 Å². The Labute approximate surface area is 123 Å². The minimum absolute atomic E-state index is 0.116. The number of aliphatic hydroxyl groups is 1. The molecule has 21 heavy (non-hydrogen) atoms. The van der Waals surface area contributed by atoms with Crippen LogP contribution in [0.3, 0.4) is 0 Å². The summed E-state index contributed by atoms with van der Waals surface area (Å²) in [7, 11) is 3.96. The van der Waals surface area contributed by atoms with Crippen molar-refractivity contribution in [1.82, 2.24) is 0 Å². The summed E-state index contributed by atoms with van der Waals surface area (Å²) in [5, 5.41) is 19.7. The van der Waals surface area contributed by atoms with Crippen molar-refractivity contribution in [1.29, 1.82) is 0 Å². The van der Waals surface area contributed by atoms with E-state index >= 15 is 0 Å². The zero-order valence-electron chi connectivity index (χ0n) is 11.9. The molecule has 1 unspecified atom stereocenters. The number of nitrogens with zero attached hydrogens (tertiary/aromatic N) is 1. The maximum absolute atomic E-state index is 10.2. The van der Waals surface area contributed by atoms with Crippen LogP contribution < -0.4 is 9.64 Å². The van der Waals surface area contributed by atoms with Crippen LogP contribution in [-0.2, 0) is 0 Å². The van der Waals surface area contributed by atoms with Crippen molar-refractivity contribution in [3.8, 4) is 11.5 Å². The van der Waals surface area contributed by atoms with Gasteiger partial charge in [0.2, 0.25) is 0 Å². The maximum Gasteiger partial charge on any atom is 0.137 e. The monoisotopic (exact) mass is 283 g/mol. The Bertz CT molecular complexity index is 690. The highest BCUT2D eigenvalue weighted by Gasteiger charge is 2.21. The fourth-order valence-electron chi connectivity index (χ4n) is 2.32. The van der Waals surface area contributed by atoms with Gasteiger partial charge in [-0.15, -0.1) is 0 Å². The molecule has 1 aliphatic rings. The summed E-state index contributed by atoms with van der Waals surface area (Å²) in [5.41, 5.74) is 2.63. The molecule has 0 aliphatic carbocycles. The van der Waals surface area contributed by atoms with Crippen LogP contribution in [0.4, 0.5) is 5.69 Å². The largest absolute Gasteiger partial charge is 0.508 e. The zero-order valence-corrected chi connectivity index (χ0v) is 11.9. The summed E-state index contributed by atoms with van der Waals surface area (Å²) in [6.45, 7) is 0. The lowest BCUT2D eigenvalue weighted by Crippen LogP contribution is -2.10. The van der Waals surface area contributed by atoms with E-state index in [0.717, 1.165) is 11.3 Å². The zero-order chi connectivity index (χ0) is 15.0. The van der Waals surface area contributed by atoms with E-state index in [9.17, 15) is 10.2 Å². The van der Waals surface area contributed by atoms with Gasteiger partial charge in [-0.3, -0.25) is 0 Å². The molecule has 0 radical (unpaired) electrons. The van der Waals surface area contributed by atoms with E-state index in [-0.39, 0.29) is 5.75 Å². The van der Waals surface area contributed by atoms with Crippen molar-refractivity contribution in [3.05, 3.63) is 59.7 Å². The number of phenolic OH excluding ortho intramolecular Hbond substituents is 1. The molecule has 1 atom stereocenters. The second-order valence-corrected chi connectivity index (χ2v) is 5.24. The SMILES string of the molecule is CN(C)c1ccc(C2=CC(O)c3ccc(O)cc3O2)cc1. The molecule has 1 heterocycles. The summed E-state index contributed by atoms with van der Waals surface area (Å²) in [4.78, 5) is 2.02. The van der Waals surface area contributed by atoms with Gasteiger partial charge >= 0.3 is 0 Å². The topological polar surface area (TPSA) is 52.9 Å². The molecule has 108 valence electrons. The molecule has 2 aromatic rings. The highest BCUT2D eigenvalue weighted by Crippen LogP contribution is 2.38. The number of hydrogen-bond donors (Lipinski definition) is 2. The smallest absolute Gasteiger partial charge is 0.137 e. The Balaban J connectivity index is 1.93. The van der Waals surface area contributed by atoms with E-state index in [2.05, 4.69) is 0 Å². The van der Waals surface area contributed by atoms with Gasteiger partial charge in [0.15, 0.2) is 0 Å². The Morgan fingerprint density at radius 1 is 1.05 bits per heavy atom. The molecule has 1 aliphatic heterocycles. The lowest BCUT2D eigenvalue weighted by Gasteiger charge is -2.22. The number of phenols is 1. The first kappa shape index (κ1) is 13.5. The van der Waals surface area contributed by atoms with E-state index in [1.54, 1.807) is 12.1 Å². The van der Waals surface area contributed by atoms with E-state index in [4.69, 9.17) is 4.74 Å². The highest BCUT2D eigenvalue weighted by molar-refractivity contribution is 5.68. The van der Waals surface area contributed by atoms with Crippen LogP contribution in [0, 0.1) is 0 Å². The average molecular weight is 283 g/mol. The summed E-state index contributed by atoms with van der Waals surface area (Å²) >= 11 is 0. The Hall–Kier alpha value is -2.46. The summed E-state index contributed by atoms with van der Waals surface area (Å²) in [6.07, 6.45) is 0.933. The Kier molecular flexibility index (Phi) is 3.31. The third kappa shape index (κ3) is 2.58. The van der Waals surface area contributed by atoms with Gasteiger partial charge in [0.25, 0.3) is 0 Å². The third-order valence-corrected chi connectivity index (χ3v) is 3.51. The minimum atomic E-state index is -0.738. The lowest BCUT2D eigenvalue weighted by atomic mass is 10.0. The number of fused-ring (bicyclic) bond motifs is 1. The van der Waals surface area contributed by atoms with Crippen LogP contribution in [0.1, 0.15) is 17.2 Å². The van der Waals surface area contributed by atoms with Crippen LogP contribution in [-0.4, -0.2) is 24.3 Å². The molecular formula is C17H17NO3. The van der Waals surface area contributed by atoms with Crippen molar-refractivity contribution in [3.63, 3.8) is 0 Å². The molecule has 0 fully saturated rings. The van der Waals surface area contributed by atoms with E-state index < -0.39 is 6.10 Å². The molecule has 4 nitrogen and oxygen atoms in total. The molecule has 0 aromatic heterocycles. The standard InChI is InChI=1S/C17H17NO3/c1-18(2)12-5-3-11(4-6-12)16-10-15(20)14-8-7-13(19)9-17(14)21-16/h3-10,15,19-20H,1-2H3. The molecule has 3 rings (SSSR count). The number of rotatable bonds is 2. The third-order valence-electron chi connectivity index (χ3n) is 3.51. The summed E-state index contributed by atoms with van der Waals surface area (Å²) in [6, 6.07) is 12.6. The molecule has 2 N–H and O–H groups in total. The van der Waals surface area contributed by atoms with Crippen LogP contribution >= 0.6 is 0 Å². The van der Waals surface area contributed by atoms with Crippen molar-refractivity contribution >= 4 is 11.4 Å². The first-order valence-corrected chi connectivity index (χ1v) is 6.73. The van der Waals surface area contributed by atoms with Crippen LogP contribution in [0.25, 0.3) is 5.76 Å². The first-order valence-electron chi connectivity index (χ1n) is 6.73. The normalized spacial score (nSPS) is 16.7. The van der Waals surface area contributed by atoms with Gasteiger partial charge in [-0.25, -0.2) is 0 Å². The summed E-state index contributed by atoms with van der Waals surface area (Å²) < 4.78 is 5.80. The second-order valence-electron chi connectivity index (χ2n) is 5.24. The van der Waals surface area contributed by atoms with Crippen molar-refractivity contribution in [2.45, 2.75) is 6.10 Å². The highest BCUT2D eigenvalue weighted by atomic mass is 16.5. The Morgan fingerprint density at radius 3 is 2.43 bits per heavy atom. The minimum Gasteiger partial charge on any atom is -0.508 e. The Morgan fingerprint density at radius 2 is 1.76 bits per heavy atom. The first-order chi connectivity index (χ1) is 10.0. The lowest BCUT2D eigenvalue weighted by molar-refractivity contribution is 0.217. The molecular weight excluding hydrogens is 266 g/mol. The van der Waals surface area contributed by atoms with Gasteiger partial charge in [-0.2, -0.15) is 0 Å². The quantitative estimate of drug-likeness (QED) is 0.889. The predicted octanol–water partition coefficient (Wildman–Crippen LogP) is 2.93. The molecule has 0 saturated carbocycles. The van der Waals surface area contributed by atoms with Gasteiger partial charge in [-0.1, -0.05) is 0 Å². The second kappa shape index (κ2) is 5.14. The predicted molar refractivity (Wildman–Crippen MR) is 82.4 cm³/mol. The van der Waals surface area contributed by atoms with Crippen molar-refractivity contribution < 1.29 is 14.9 Å². The molecule has 0 amide bonds.